The van der Waals surface area contributed by atoms with Gasteiger partial charge in [0.05, 0.1) is 0 Å². The predicted molar refractivity (Wildman–Crippen MR) is 97.4 cm³/mol. The molecule has 0 atom stereocenters. The summed E-state index contributed by atoms with van der Waals surface area (Å²) in [6.45, 7) is 4.85. The van der Waals surface area contributed by atoms with Crippen molar-refractivity contribution in [1.82, 2.24) is 10.2 Å². The zero-order valence-corrected chi connectivity index (χ0v) is 14.7. The predicted octanol–water partition coefficient (Wildman–Crippen LogP) is 4.90. The monoisotopic (exact) mass is 306 g/mol. The van der Waals surface area contributed by atoms with Crippen LogP contribution < -0.4 is 5.32 Å². The molecule has 0 aromatic heterocycles. The zero-order valence-electron chi connectivity index (χ0n) is 14.7. The standard InChI is InChI=1S/C20H38N2/c1-2-4-6-10-15-20(14-9-5-3-1)22-18-12-8-7-11-16-21-17-13-19-22/h7,11,20-21H,1-6,8-10,12-19H2. The Morgan fingerprint density at radius 3 is 2.05 bits per heavy atom. The van der Waals surface area contributed by atoms with E-state index in [0.717, 1.165) is 12.6 Å². The highest BCUT2D eigenvalue weighted by molar-refractivity contribution is 4.85. The summed E-state index contributed by atoms with van der Waals surface area (Å²) in [6, 6.07) is 0.864. The summed E-state index contributed by atoms with van der Waals surface area (Å²) in [6.07, 6.45) is 23.2. The Bertz CT molecular complexity index is 275. The molecule has 1 aliphatic carbocycles. The van der Waals surface area contributed by atoms with E-state index in [4.69, 9.17) is 0 Å². The first-order valence-electron chi connectivity index (χ1n) is 10.1. The van der Waals surface area contributed by atoms with Gasteiger partial charge in [-0.3, -0.25) is 0 Å². The lowest BCUT2D eigenvalue weighted by Crippen LogP contribution is -2.38. The van der Waals surface area contributed by atoms with Crippen molar-refractivity contribution in [2.45, 2.75) is 89.5 Å². The highest BCUT2D eigenvalue weighted by atomic mass is 15.1. The average Bonchev–Trinajstić information content (AvgIpc) is 2.64. The molecule has 0 spiro atoms. The Morgan fingerprint density at radius 1 is 0.682 bits per heavy atom. The van der Waals surface area contributed by atoms with Gasteiger partial charge in [-0.1, -0.05) is 63.5 Å². The van der Waals surface area contributed by atoms with Crippen LogP contribution in [0.3, 0.4) is 0 Å². The van der Waals surface area contributed by atoms with Crippen molar-refractivity contribution in [2.75, 3.05) is 26.2 Å². The second-order valence-electron chi connectivity index (χ2n) is 7.27. The van der Waals surface area contributed by atoms with E-state index in [-0.39, 0.29) is 0 Å². The minimum atomic E-state index is 0.864. The molecule has 0 unspecified atom stereocenters. The summed E-state index contributed by atoms with van der Waals surface area (Å²) in [4.78, 5) is 2.85. The van der Waals surface area contributed by atoms with E-state index in [1.807, 2.05) is 0 Å². The van der Waals surface area contributed by atoms with E-state index in [1.54, 1.807) is 0 Å². The van der Waals surface area contributed by atoms with Crippen molar-refractivity contribution in [3.63, 3.8) is 0 Å². The van der Waals surface area contributed by atoms with Crippen LogP contribution in [-0.4, -0.2) is 37.1 Å². The Morgan fingerprint density at radius 2 is 1.32 bits per heavy atom. The van der Waals surface area contributed by atoms with Crippen LogP contribution in [-0.2, 0) is 0 Å². The van der Waals surface area contributed by atoms with Crippen LogP contribution in [0.5, 0.6) is 0 Å². The van der Waals surface area contributed by atoms with E-state index in [9.17, 15) is 0 Å². The quantitative estimate of drug-likeness (QED) is 0.693. The minimum Gasteiger partial charge on any atom is -0.313 e. The second kappa shape index (κ2) is 12.1. The van der Waals surface area contributed by atoms with Gasteiger partial charge in [0.1, 0.15) is 0 Å². The topological polar surface area (TPSA) is 15.3 Å². The highest BCUT2D eigenvalue weighted by Gasteiger charge is 2.17. The number of rotatable bonds is 1. The van der Waals surface area contributed by atoms with Gasteiger partial charge >= 0.3 is 0 Å². The number of nitrogens with zero attached hydrogens (tertiary/aromatic N) is 1. The third-order valence-corrected chi connectivity index (χ3v) is 5.38. The molecule has 128 valence electrons. The van der Waals surface area contributed by atoms with Crippen molar-refractivity contribution in [3.8, 4) is 0 Å². The minimum absolute atomic E-state index is 0.864. The smallest absolute Gasteiger partial charge is 0.0134 e. The lowest BCUT2D eigenvalue weighted by Gasteiger charge is -2.32. The molecule has 0 radical (unpaired) electrons. The molecular weight excluding hydrogens is 268 g/mol. The van der Waals surface area contributed by atoms with Crippen LogP contribution in [0.15, 0.2) is 12.2 Å². The Labute approximate surface area is 138 Å². The largest absolute Gasteiger partial charge is 0.313 e. The number of allylic oxidation sites excluding steroid dienone is 1. The summed E-state index contributed by atoms with van der Waals surface area (Å²) in [7, 11) is 0. The van der Waals surface area contributed by atoms with Crippen LogP contribution in [0, 0.1) is 0 Å². The van der Waals surface area contributed by atoms with Gasteiger partial charge in [0.15, 0.2) is 0 Å². The van der Waals surface area contributed by atoms with Gasteiger partial charge in [0.25, 0.3) is 0 Å². The molecule has 1 N–H and O–H groups in total. The van der Waals surface area contributed by atoms with E-state index in [0.29, 0.717) is 0 Å². The third kappa shape index (κ3) is 7.78. The Hall–Kier alpha value is -0.340. The average molecular weight is 307 g/mol. The molecule has 2 rings (SSSR count). The van der Waals surface area contributed by atoms with E-state index >= 15 is 0 Å². The molecule has 22 heavy (non-hydrogen) atoms. The number of hydrogen-bond donors (Lipinski definition) is 1. The van der Waals surface area contributed by atoms with Crippen LogP contribution in [0.2, 0.25) is 0 Å². The summed E-state index contributed by atoms with van der Waals surface area (Å²) >= 11 is 0. The molecule has 1 saturated carbocycles. The fourth-order valence-electron chi connectivity index (χ4n) is 4.01. The molecule has 0 aromatic carbocycles. The van der Waals surface area contributed by atoms with E-state index in [2.05, 4.69) is 22.4 Å². The fraction of sp³-hybridized carbons (Fsp3) is 0.900. The summed E-state index contributed by atoms with van der Waals surface area (Å²) in [5, 5.41) is 3.54. The first-order valence-corrected chi connectivity index (χ1v) is 10.1. The molecule has 1 aliphatic heterocycles. The first-order chi connectivity index (χ1) is 11.0. The maximum atomic E-state index is 3.54. The fourth-order valence-corrected chi connectivity index (χ4v) is 4.01. The summed E-state index contributed by atoms with van der Waals surface area (Å²) < 4.78 is 0. The lowest BCUT2D eigenvalue weighted by molar-refractivity contribution is 0.167. The van der Waals surface area contributed by atoms with Crippen LogP contribution in [0.25, 0.3) is 0 Å². The van der Waals surface area contributed by atoms with Gasteiger partial charge < -0.3 is 10.2 Å². The summed E-state index contributed by atoms with van der Waals surface area (Å²) in [5.74, 6) is 0. The van der Waals surface area contributed by atoms with Crippen LogP contribution in [0.4, 0.5) is 0 Å². The SMILES string of the molecule is C1=CCNCCCN(C2CCCCCCCCCC2)CCC1. The van der Waals surface area contributed by atoms with Crippen LogP contribution >= 0.6 is 0 Å². The summed E-state index contributed by atoms with van der Waals surface area (Å²) in [5.41, 5.74) is 0. The molecule has 1 fully saturated rings. The van der Waals surface area contributed by atoms with Gasteiger partial charge in [-0.15, -0.1) is 0 Å². The Kier molecular flexibility index (Phi) is 9.93. The molecule has 2 aliphatic rings. The normalized spacial score (nSPS) is 26.0. The van der Waals surface area contributed by atoms with Gasteiger partial charge in [-0.25, -0.2) is 0 Å². The second-order valence-corrected chi connectivity index (χ2v) is 7.27. The Balaban J connectivity index is 1.85. The molecule has 1 heterocycles. The van der Waals surface area contributed by atoms with Crippen molar-refractivity contribution in [2.24, 2.45) is 0 Å². The lowest BCUT2D eigenvalue weighted by atomic mass is 10.0. The number of hydrogen-bond acceptors (Lipinski definition) is 2. The van der Waals surface area contributed by atoms with Gasteiger partial charge in [-0.05, 0) is 51.7 Å². The zero-order chi connectivity index (χ0) is 15.3. The molecule has 0 amide bonds. The number of nitrogens with one attached hydrogen (secondary N) is 1. The molecular formula is C20H38N2. The molecule has 2 nitrogen and oxygen atoms in total. The molecule has 0 saturated heterocycles. The molecule has 0 bridgehead atoms. The molecule has 2 heteroatoms. The van der Waals surface area contributed by atoms with E-state index in [1.165, 1.54) is 103 Å². The maximum Gasteiger partial charge on any atom is 0.0134 e. The van der Waals surface area contributed by atoms with Gasteiger partial charge in [0, 0.05) is 12.6 Å². The van der Waals surface area contributed by atoms with Crippen molar-refractivity contribution < 1.29 is 0 Å². The third-order valence-electron chi connectivity index (χ3n) is 5.38. The van der Waals surface area contributed by atoms with Crippen molar-refractivity contribution >= 4 is 0 Å². The highest BCUT2D eigenvalue weighted by Crippen LogP contribution is 2.21. The van der Waals surface area contributed by atoms with E-state index < -0.39 is 0 Å². The first kappa shape index (κ1) is 18.0. The van der Waals surface area contributed by atoms with Crippen molar-refractivity contribution in [1.29, 1.82) is 0 Å². The van der Waals surface area contributed by atoms with Gasteiger partial charge in [-0.2, -0.15) is 0 Å². The van der Waals surface area contributed by atoms with Gasteiger partial charge in [0.2, 0.25) is 0 Å². The van der Waals surface area contributed by atoms with Crippen molar-refractivity contribution in [3.05, 3.63) is 12.2 Å². The van der Waals surface area contributed by atoms with Crippen LogP contribution in [0.1, 0.15) is 83.5 Å². The molecule has 0 aromatic rings. The maximum absolute atomic E-state index is 3.54.